The highest BCUT2D eigenvalue weighted by Crippen LogP contribution is 2.35. The van der Waals surface area contributed by atoms with Crippen LogP contribution in [0.4, 0.5) is 0 Å². The number of fused-ring (bicyclic) bond motifs is 4. The van der Waals surface area contributed by atoms with Gasteiger partial charge in [0.1, 0.15) is 5.75 Å². The molecule has 0 aliphatic carbocycles. The van der Waals surface area contributed by atoms with E-state index in [4.69, 9.17) is 9.68 Å². The van der Waals surface area contributed by atoms with Crippen molar-refractivity contribution >= 4 is 40.3 Å². The smallest absolute Gasteiger partial charge is 0.537 e. The molecular formula is C28H19BNO2. The molecule has 6 aromatic rings. The lowest BCUT2D eigenvalue weighted by atomic mass is 10.0. The Hall–Kier alpha value is -4.02. The lowest BCUT2D eigenvalue weighted by Gasteiger charge is -2.10. The fourth-order valence-corrected chi connectivity index (χ4v) is 4.53. The predicted molar refractivity (Wildman–Crippen MR) is 132 cm³/mol. The van der Waals surface area contributed by atoms with Crippen LogP contribution < -0.4 is 4.65 Å². The average Bonchev–Trinajstić information content (AvgIpc) is 3.18. The molecule has 0 unspecified atom stereocenters. The Morgan fingerprint density at radius 3 is 2.16 bits per heavy atom. The van der Waals surface area contributed by atoms with Crippen molar-refractivity contribution in [1.82, 2.24) is 4.57 Å². The van der Waals surface area contributed by atoms with Gasteiger partial charge in [-0.25, -0.2) is 0 Å². The van der Waals surface area contributed by atoms with Crippen LogP contribution in [0.2, 0.25) is 0 Å². The van der Waals surface area contributed by atoms with E-state index in [0.29, 0.717) is 13.4 Å². The second-order valence-electron chi connectivity index (χ2n) is 7.86. The van der Waals surface area contributed by atoms with Crippen molar-refractivity contribution in [2.75, 3.05) is 0 Å². The molecule has 0 atom stereocenters. The van der Waals surface area contributed by atoms with Crippen LogP contribution in [0.25, 0.3) is 49.4 Å². The molecule has 151 valence electrons. The molecule has 1 heterocycles. The minimum absolute atomic E-state index is 0.600. The summed E-state index contributed by atoms with van der Waals surface area (Å²) in [5.41, 5.74) is 5.73. The van der Waals surface area contributed by atoms with E-state index >= 15 is 0 Å². The van der Waals surface area contributed by atoms with Crippen LogP contribution in [-0.2, 0) is 0 Å². The summed E-state index contributed by atoms with van der Waals surface area (Å²) in [6.07, 6.45) is 0. The van der Waals surface area contributed by atoms with Gasteiger partial charge in [0.15, 0.2) is 0 Å². The third-order valence-corrected chi connectivity index (χ3v) is 6.04. The van der Waals surface area contributed by atoms with Gasteiger partial charge in [-0.15, -0.1) is 0 Å². The van der Waals surface area contributed by atoms with E-state index in [0.717, 1.165) is 16.8 Å². The van der Waals surface area contributed by atoms with Crippen LogP contribution >= 0.6 is 0 Å². The van der Waals surface area contributed by atoms with Gasteiger partial charge in [0.05, 0.1) is 11.0 Å². The SMILES string of the molecule is O[B]Oc1ccc(-c2ccc3c4ccccc4n(-c4ccc5ccccc5c4)c3c2)cc1. The van der Waals surface area contributed by atoms with Crippen LogP contribution in [0, 0.1) is 0 Å². The quantitative estimate of drug-likeness (QED) is 0.335. The zero-order valence-corrected chi connectivity index (χ0v) is 17.3. The summed E-state index contributed by atoms with van der Waals surface area (Å²) in [6, 6.07) is 38.0. The number of aromatic nitrogens is 1. The van der Waals surface area contributed by atoms with Crippen molar-refractivity contribution in [3.05, 3.63) is 109 Å². The Balaban J connectivity index is 1.59. The van der Waals surface area contributed by atoms with Gasteiger partial charge in [0, 0.05) is 16.5 Å². The molecule has 4 heteroatoms. The van der Waals surface area contributed by atoms with Gasteiger partial charge in [-0.05, 0) is 58.3 Å². The maximum Gasteiger partial charge on any atom is 0.569 e. The van der Waals surface area contributed by atoms with E-state index in [1.165, 1.54) is 32.6 Å². The number of para-hydroxylation sites is 1. The molecule has 0 saturated carbocycles. The van der Waals surface area contributed by atoms with Crippen molar-refractivity contribution in [2.24, 2.45) is 0 Å². The van der Waals surface area contributed by atoms with Gasteiger partial charge in [0.2, 0.25) is 0 Å². The Bertz CT molecular complexity index is 1580. The number of rotatable bonds is 4. The monoisotopic (exact) mass is 412 g/mol. The van der Waals surface area contributed by atoms with Gasteiger partial charge in [-0.1, -0.05) is 72.8 Å². The third-order valence-electron chi connectivity index (χ3n) is 6.04. The first-order valence-corrected chi connectivity index (χ1v) is 10.6. The molecule has 0 spiro atoms. The molecule has 1 aromatic heterocycles. The Morgan fingerprint density at radius 1 is 0.594 bits per heavy atom. The largest absolute Gasteiger partial charge is 0.569 e. The van der Waals surface area contributed by atoms with Crippen molar-refractivity contribution in [3.8, 4) is 22.6 Å². The normalized spacial score (nSPS) is 11.3. The van der Waals surface area contributed by atoms with E-state index in [2.05, 4.69) is 89.5 Å². The molecule has 0 aliphatic heterocycles. The highest BCUT2D eigenvalue weighted by Gasteiger charge is 2.13. The van der Waals surface area contributed by atoms with Gasteiger partial charge in [0.25, 0.3) is 0 Å². The fourth-order valence-electron chi connectivity index (χ4n) is 4.53. The lowest BCUT2D eigenvalue weighted by Crippen LogP contribution is -1.99. The second kappa shape index (κ2) is 7.59. The highest BCUT2D eigenvalue weighted by molar-refractivity contribution is 6.17. The summed E-state index contributed by atoms with van der Waals surface area (Å²) in [4.78, 5) is 0. The van der Waals surface area contributed by atoms with E-state index in [1.807, 2.05) is 24.3 Å². The van der Waals surface area contributed by atoms with Gasteiger partial charge >= 0.3 is 7.69 Å². The molecule has 1 radical (unpaired) electrons. The predicted octanol–water partition coefficient (Wildman–Crippen LogP) is 6.51. The molecule has 0 aliphatic rings. The first kappa shape index (κ1) is 18.7. The van der Waals surface area contributed by atoms with Crippen LogP contribution in [0.1, 0.15) is 0 Å². The lowest BCUT2D eigenvalue weighted by molar-refractivity contribution is 0.454. The number of hydrogen-bond acceptors (Lipinski definition) is 2. The molecule has 3 nitrogen and oxygen atoms in total. The van der Waals surface area contributed by atoms with Gasteiger partial charge < -0.3 is 14.2 Å². The van der Waals surface area contributed by atoms with Crippen LogP contribution in [-0.4, -0.2) is 17.3 Å². The standard InChI is InChI=1S/C28H19BNO2/c31-29-32-24-14-10-20(11-15-24)22-12-16-26-25-7-3-4-8-27(25)30(28(26)18-22)23-13-9-19-5-1-2-6-21(19)17-23/h1-18,31H. The fraction of sp³-hybridized carbons (Fsp3) is 0. The third kappa shape index (κ3) is 3.05. The molecule has 6 rings (SSSR count). The minimum Gasteiger partial charge on any atom is -0.537 e. The van der Waals surface area contributed by atoms with E-state index < -0.39 is 0 Å². The number of nitrogens with zero attached hydrogens (tertiary/aromatic N) is 1. The molecule has 5 aromatic carbocycles. The number of hydrogen-bond donors (Lipinski definition) is 1. The van der Waals surface area contributed by atoms with E-state index in [9.17, 15) is 0 Å². The summed E-state index contributed by atoms with van der Waals surface area (Å²) < 4.78 is 7.39. The van der Waals surface area contributed by atoms with Crippen molar-refractivity contribution in [2.45, 2.75) is 0 Å². The minimum atomic E-state index is 0.600. The summed E-state index contributed by atoms with van der Waals surface area (Å²) in [5.74, 6) is 0.600. The van der Waals surface area contributed by atoms with Gasteiger partial charge in [-0.2, -0.15) is 0 Å². The first-order chi connectivity index (χ1) is 15.8. The Kier molecular flexibility index (Phi) is 4.44. The maximum absolute atomic E-state index is 8.85. The maximum atomic E-state index is 8.85. The summed E-state index contributed by atoms with van der Waals surface area (Å²) in [7, 11) is 0.697. The number of benzene rings is 5. The van der Waals surface area contributed by atoms with E-state index in [1.54, 1.807) is 0 Å². The molecule has 1 N–H and O–H groups in total. The molecule has 32 heavy (non-hydrogen) atoms. The average molecular weight is 412 g/mol. The van der Waals surface area contributed by atoms with Crippen molar-refractivity contribution in [3.63, 3.8) is 0 Å². The summed E-state index contributed by atoms with van der Waals surface area (Å²) >= 11 is 0. The van der Waals surface area contributed by atoms with Crippen LogP contribution in [0.5, 0.6) is 5.75 Å². The summed E-state index contributed by atoms with van der Waals surface area (Å²) in [5, 5.41) is 13.8. The van der Waals surface area contributed by atoms with E-state index in [-0.39, 0.29) is 0 Å². The second-order valence-corrected chi connectivity index (χ2v) is 7.86. The first-order valence-electron chi connectivity index (χ1n) is 10.6. The summed E-state index contributed by atoms with van der Waals surface area (Å²) in [6.45, 7) is 0. The van der Waals surface area contributed by atoms with Crippen molar-refractivity contribution in [1.29, 1.82) is 0 Å². The van der Waals surface area contributed by atoms with Crippen molar-refractivity contribution < 1.29 is 9.68 Å². The van der Waals surface area contributed by atoms with Crippen LogP contribution in [0.15, 0.2) is 109 Å². The topological polar surface area (TPSA) is 34.4 Å². The van der Waals surface area contributed by atoms with Crippen LogP contribution in [0.3, 0.4) is 0 Å². The zero-order valence-electron chi connectivity index (χ0n) is 17.3. The molecule has 0 bridgehead atoms. The molecular weight excluding hydrogens is 393 g/mol. The zero-order chi connectivity index (χ0) is 21.5. The molecule has 0 saturated heterocycles. The highest BCUT2D eigenvalue weighted by atomic mass is 16.5. The Morgan fingerprint density at radius 2 is 1.31 bits per heavy atom. The molecule has 0 amide bonds. The molecule has 0 fully saturated rings. The van der Waals surface area contributed by atoms with Gasteiger partial charge in [-0.3, -0.25) is 0 Å². The Labute approximate surface area is 186 Å².